The maximum absolute atomic E-state index is 13.1. The van der Waals surface area contributed by atoms with E-state index in [-0.39, 0.29) is 0 Å². The van der Waals surface area contributed by atoms with Crippen LogP contribution in [-0.2, 0) is 9.47 Å². The lowest BCUT2D eigenvalue weighted by molar-refractivity contribution is -0.151. The minimum absolute atomic E-state index is 0.300. The molecule has 2 rings (SSSR count). The Labute approximate surface area is 99.5 Å². The van der Waals surface area contributed by atoms with Crippen LogP contribution in [0.2, 0.25) is 0 Å². The van der Waals surface area contributed by atoms with Gasteiger partial charge in [0.25, 0.3) is 0 Å². The molecule has 1 heterocycles. The van der Waals surface area contributed by atoms with Gasteiger partial charge >= 0.3 is 0 Å². The number of hydrogen-bond donors (Lipinski definition) is 1. The standard InChI is InChI=1S/C12H16FNO3/c1-12(2,11-15-5-6-16-11)17-10-7-8(13)3-4-9(10)14/h3-4,7,11H,5-6,14H2,1-2H3. The van der Waals surface area contributed by atoms with E-state index in [1.54, 1.807) is 0 Å². The van der Waals surface area contributed by atoms with E-state index in [4.69, 9.17) is 19.9 Å². The van der Waals surface area contributed by atoms with Crippen molar-refractivity contribution in [3.63, 3.8) is 0 Å². The first-order valence-electron chi connectivity index (χ1n) is 5.46. The summed E-state index contributed by atoms with van der Waals surface area (Å²) in [4.78, 5) is 0. The summed E-state index contributed by atoms with van der Waals surface area (Å²) in [5.74, 6) is -0.0904. The number of benzene rings is 1. The minimum Gasteiger partial charge on any atom is -0.480 e. The largest absolute Gasteiger partial charge is 0.480 e. The van der Waals surface area contributed by atoms with Crippen LogP contribution in [0.25, 0.3) is 0 Å². The zero-order valence-corrected chi connectivity index (χ0v) is 9.90. The van der Waals surface area contributed by atoms with Crippen molar-refractivity contribution in [3.05, 3.63) is 24.0 Å². The number of anilines is 1. The molecule has 1 fully saturated rings. The molecule has 1 aliphatic heterocycles. The average Bonchev–Trinajstić information content (AvgIpc) is 2.77. The van der Waals surface area contributed by atoms with E-state index in [0.29, 0.717) is 24.7 Å². The van der Waals surface area contributed by atoms with Gasteiger partial charge in [-0.15, -0.1) is 0 Å². The van der Waals surface area contributed by atoms with Gasteiger partial charge in [-0.3, -0.25) is 0 Å². The second-order valence-electron chi connectivity index (χ2n) is 4.46. The van der Waals surface area contributed by atoms with Gasteiger partial charge in [0.05, 0.1) is 18.9 Å². The third kappa shape index (κ3) is 2.68. The molecule has 1 aromatic carbocycles. The number of nitrogen functional groups attached to an aromatic ring is 1. The molecule has 94 valence electrons. The van der Waals surface area contributed by atoms with Gasteiger partial charge in [0.15, 0.2) is 11.9 Å². The lowest BCUT2D eigenvalue weighted by Crippen LogP contribution is -2.42. The summed E-state index contributed by atoms with van der Waals surface area (Å²) < 4.78 is 29.5. The van der Waals surface area contributed by atoms with Gasteiger partial charge in [-0.1, -0.05) is 0 Å². The number of hydrogen-bond acceptors (Lipinski definition) is 4. The SMILES string of the molecule is CC(C)(Oc1cc(F)ccc1N)C1OCCO1. The van der Waals surface area contributed by atoms with Crippen molar-refractivity contribution in [2.75, 3.05) is 18.9 Å². The number of ether oxygens (including phenoxy) is 3. The molecular formula is C12H16FNO3. The van der Waals surface area contributed by atoms with E-state index >= 15 is 0 Å². The van der Waals surface area contributed by atoms with E-state index in [0.717, 1.165) is 0 Å². The molecule has 0 unspecified atom stereocenters. The maximum atomic E-state index is 13.1. The second kappa shape index (κ2) is 4.50. The van der Waals surface area contributed by atoms with Crippen molar-refractivity contribution >= 4 is 5.69 Å². The Kier molecular flexibility index (Phi) is 3.22. The minimum atomic E-state index is -0.724. The molecule has 0 aromatic heterocycles. The quantitative estimate of drug-likeness (QED) is 0.822. The zero-order chi connectivity index (χ0) is 12.5. The van der Waals surface area contributed by atoms with Crippen LogP contribution in [0.5, 0.6) is 5.75 Å². The molecule has 2 N–H and O–H groups in total. The smallest absolute Gasteiger partial charge is 0.197 e. The van der Waals surface area contributed by atoms with E-state index in [1.165, 1.54) is 18.2 Å². The first kappa shape index (κ1) is 12.1. The molecule has 1 saturated heterocycles. The van der Waals surface area contributed by atoms with Crippen LogP contribution in [0.15, 0.2) is 18.2 Å². The van der Waals surface area contributed by atoms with Crippen LogP contribution in [0.4, 0.5) is 10.1 Å². The summed E-state index contributed by atoms with van der Waals surface area (Å²) in [5, 5.41) is 0. The van der Waals surface area contributed by atoms with Crippen LogP contribution in [-0.4, -0.2) is 25.1 Å². The van der Waals surface area contributed by atoms with Crippen LogP contribution in [0, 0.1) is 5.82 Å². The number of rotatable bonds is 3. The zero-order valence-electron chi connectivity index (χ0n) is 9.90. The third-order valence-electron chi connectivity index (χ3n) is 2.54. The predicted octanol–water partition coefficient (Wildman–Crippen LogP) is 1.94. The highest BCUT2D eigenvalue weighted by Crippen LogP contribution is 2.30. The Morgan fingerprint density at radius 2 is 2.00 bits per heavy atom. The fourth-order valence-corrected chi connectivity index (χ4v) is 1.69. The van der Waals surface area contributed by atoms with Crippen molar-refractivity contribution in [2.24, 2.45) is 0 Å². The molecule has 4 nitrogen and oxygen atoms in total. The maximum Gasteiger partial charge on any atom is 0.197 e. The van der Waals surface area contributed by atoms with Gasteiger partial charge in [0.2, 0.25) is 0 Å². The summed E-state index contributed by atoms with van der Waals surface area (Å²) in [6, 6.07) is 4.01. The average molecular weight is 241 g/mol. The molecule has 1 aliphatic rings. The Bertz CT molecular complexity index is 403. The molecule has 0 amide bonds. The summed E-state index contributed by atoms with van der Waals surface area (Å²) in [6.07, 6.45) is -0.467. The molecule has 0 saturated carbocycles. The fourth-order valence-electron chi connectivity index (χ4n) is 1.69. The molecule has 5 heteroatoms. The highest BCUT2D eigenvalue weighted by Gasteiger charge is 2.36. The van der Waals surface area contributed by atoms with E-state index in [2.05, 4.69) is 0 Å². The highest BCUT2D eigenvalue weighted by molar-refractivity contribution is 5.52. The number of halogens is 1. The Balaban J connectivity index is 2.15. The van der Waals surface area contributed by atoms with Gasteiger partial charge in [-0.05, 0) is 26.0 Å². The van der Waals surface area contributed by atoms with Crippen molar-refractivity contribution in [2.45, 2.75) is 25.7 Å². The monoisotopic (exact) mass is 241 g/mol. The molecular weight excluding hydrogens is 225 g/mol. The lowest BCUT2D eigenvalue weighted by atomic mass is 10.1. The summed E-state index contributed by atoms with van der Waals surface area (Å²) in [6.45, 7) is 4.70. The van der Waals surface area contributed by atoms with Gasteiger partial charge in [-0.25, -0.2) is 4.39 Å². The van der Waals surface area contributed by atoms with Crippen LogP contribution < -0.4 is 10.5 Å². The van der Waals surface area contributed by atoms with Crippen LogP contribution in [0.1, 0.15) is 13.8 Å². The highest BCUT2D eigenvalue weighted by atomic mass is 19.1. The summed E-state index contributed by atoms with van der Waals surface area (Å²) >= 11 is 0. The molecule has 0 bridgehead atoms. The Hall–Kier alpha value is -1.33. The Morgan fingerprint density at radius 1 is 1.35 bits per heavy atom. The molecule has 1 aromatic rings. The normalized spacial score (nSPS) is 17.4. The molecule has 0 radical (unpaired) electrons. The second-order valence-corrected chi connectivity index (χ2v) is 4.46. The first-order chi connectivity index (χ1) is 7.99. The van der Waals surface area contributed by atoms with Crippen molar-refractivity contribution in [1.29, 1.82) is 0 Å². The van der Waals surface area contributed by atoms with Crippen molar-refractivity contribution < 1.29 is 18.6 Å². The predicted molar refractivity (Wildman–Crippen MR) is 61.2 cm³/mol. The van der Waals surface area contributed by atoms with Crippen molar-refractivity contribution in [3.8, 4) is 5.75 Å². The molecule has 0 spiro atoms. The van der Waals surface area contributed by atoms with E-state index in [9.17, 15) is 4.39 Å². The molecule has 17 heavy (non-hydrogen) atoms. The fraction of sp³-hybridized carbons (Fsp3) is 0.500. The van der Waals surface area contributed by atoms with E-state index in [1.807, 2.05) is 13.8 Å². The van der Waals surface area contributed by atoms with Crippen LogP contribution in [0.3, 0.4) is 0 Å². The lowest BCUT2D eigenvalue weighted by Gasteiger charge is -2.31. The van der Waals surface area contributed by atoms with Crippen LogP contribution >= 0.6 is 0 Å². The first-order valence-corrected chi connectivity index (χ1v) is 5.46. The molecule has 0 aliphatic carbocycles. The topological polar surface area (TPSA) is 53.7 Å². The van der Waals surface area contributed by atoms with Gasteiger partial charge in [-0.2, -0.15) is 0 Å². The summed E-state index contributed by atoms with van der Waals surface area (Å²) in [5.41, 5.74) is 5.38. The van der Waals surface area contributed by atoms with Gasteiger partial charge in [0.1, 0.15) is 11.6 Å². The molecule has 0 atom stereocenters. The Morgan fingerprint density at radius 3 is 2.65 bits per heavy atom. The number of nitrogens with two attached hydrogens (primary N) is 1. The van der Waals surface area contributed by atoms with Gasteiger partial charge in [0, 0.05) is 6.07 Å². The summed E-state index contributed by atoms with van der Waals surface area (Å²) in [7, 11) is 0. The van der Waals surface area contributed by atoms with Crippen molar-refractivity contribution in [1.82, 2.24) is 0 Å². The third-order valence-corrected chi connectivity index (χ3v) is 2.54. The van der Waals surface area contributed by atoms with E-state index < -0.39 is 17.7 Å². The van der Waals surface area contributed by atoms with Gasteiger partial charge < -0.3 is 19.9 Å².